The molecule has 2 saturated heterocycles. The molecule has 1 aromatic carbocycles. The summed E-state index contributed by atoms with van der Waals surface area (Å²) < 4.78 is 46.7. The van der Waals surface area contributed by atoms with Crippen molar-refractivity contribution in [3.63, 3.8) is 0 Å². The van der Waals surface area contributed by atoms with Crippen LogP contribution in [-0.2, 0) is 10.9 Å². The van der Waals surface area contributed by atoms with E-state index in [0.29, 0.717) is 23.0 Å². The molecule has 28 heavy (non-hydrogen) atoms. The van der Waals surface area contributed by atoms with Crippen LogP contribution < -0.4 is 0 Å². The number of fused-ring (bicyclic) bond motifs is 3. The average molecular weight is 389 g/mol. The molecular formula is C20H18F3N3O2. The van der Waals surface area contributed by atoms with E-state index in [0.717, 1.165) is 36.8 Å². The smallest absolute Gasteiger partial charge is 0.416 e. The third-order valence-corrected chi connectivity index (χ3v) is 5.70. The van der Waals surface area contributed by atoms with E-state index in [9.17, 15) is 18.3 Å². The molecule has 2 bridgehead atoms. The molecular weight excluding hydrogens is 371 g/mol. The van der Waals surface area contributed by atoms with Crippen LogP contribution in [0.5, 0.6) is 5.75 Å². The first-order valence-electron chi connectivity index (χ1n) is 9.22. The van der Waals surface area contributed by atoms with Gasteiger partial charge in [0.2, 0.25) is 0 Å². The SMILES string of the molecule is Cc1cc(C(F)(F)F)cc(O)c1-c1ccc2cn([C@H]3C[C@H]4CC[C@@H]3O4)nc2n1. The Kier molecular flexibility index (Phi) is 3.71. The summed E-state index contributed by atoms with van der Waals surface area (Å²) in [5.41, 5.74) is 0.602. The second-order valence-electron chi connectivity index (χ2n) is 7.58. The molecule has 2 aliphatic heterocycles. The van der Waals surface area contributed by atoms with Crippen molar-refractivity contribution in [2.75, 3.05) is 0 Å². The summed E-state index contributed by atoms with van der Waals surface area (Å²) in [6, 6.07) is 5.47. The normalized spacial score (nSPS) is 24.4. The van der Waals surface area contributed by atoms with Crippen LogP contribution in [0.15, 0.2) is 30.5 Å². The number of ether oxygens (including phenoxy) is 1. The Morgan fingerprint density at radius 1 is 1.21 bits per heavy atom. The van der Waals surface area contributed by atoms with E-state index in [1.165, 1.54) is 6.92 Å². The molecule has 2 fully saturated rings. The highest BCUT2D eigenvalue weighted by Crippen LogP contribution is 2.42. The maximum atomic E-state index is 13.0. The zero-order valence-corrected chi connectivity index (χ0v) is 15.1. The second kappa shape index (κ2) is 5.94. The van der Waals surface area contributed by atoms with Crippen LogP contribution in [0, 0.1) is 6.92 Å². The molecule has 4 heterocycles. The van der Waals surface area contributed by atoms with E-state index < -0.39 is 17.5 Å². The Morgan fingerprint density at radius 2 is 2.04 bits per heavy atom. The van der Waals surface area contributed by atoms with Gasteiger partial charge in [-0.2, -0.15) is 18.3 Å². The highest BCUT2D eigenvalue weighted by Gasteiger charge is 2.42. The number of halogens is 3. The Bertz CT molecular complexity index is 1050. The van der Waals surface area contributed by atoms with Crippen LogP contribution in [-0.4, -0.2) is 32.1 Å². The summed E-state index contributed by atoms with van der Waals surface area (Å²) >= 11 is 0. The Labute approximate surface area is 158 Å². The number of alkyl halides is 3. The van der Waals surface area contributed by atoms with E-state index in [2.05, 4.69) is 10.1 Å². The molecule has 0 radical (unpaired) electrons. The monoisotopic (exact) mass is 389 g/mol. The van der Waals surface area contributed by atoms with Gasteiger partial charge in [-0.3, -0.25) is 4.68 Å². The number of aromatic hydroxyl groups is 1. The first kappa shape index (κ1) is 17.5. The second-order valence-corrected chi connectivity index (χ2v) is 7.58. The maximum Gasteiger partial charge on any atom is 0.416 e. The number of benzene rings is 1. The predicted octanol–water partition coefficient (Wildman–Crippen LogP) is 4.62. The summed E-state index contributed by atoms with van der Waals surface area (Å²) in [7, 11) is 0. The molecule has 8 heteroatoms. The summed E-state index contributed by atoms with van der Waals surface area (Å²) in [6.45, 7) is 1.53. The van der Waals surface area contributed by atoms with Gasteiger partial charge in [0.1, 0.15) is 5.75 Å². The van der Waals surface area contributed by atoms with Crippen LogP contribution in [0.3, 0.4) is 0 Å². The van der Waals surface area contributed by atoms with E-state index in [1.54, 1.807) is 6.07 Å². The Morgan fingerprint density at radius 3 is 2.68 bits per heavy atom. The van der Waals surface area contributed by atoms with Gasteiger partial charge in [0.25, 0.3) is 0 Å². The van der Waals surface area contributed by atoms with Crippen LogP contribution in [0.25, 0.3) is 22.3 Å². The molecule has 0 unspecified atom stereocenters. The van der Waals surface area contributed by atoms with Crippen molar-refractivity contribution in [2.45, 2.75) is 50.6 Å². The van der Waals surface area contributed by atoms with E-state index in [-0.39, 0.29) is 17.7 Å². The molecule has 1 N–H and O–H groups in total. The highest BCUT2D eigenvalue weighted by molar-refractivity contribution is 5.80. The van der Waals surface area contributed by atoms with Gasteiger partial charge in [0.05, 0.1) is 29.5 Å². The lowest BCUT2D eigenvalue weighted by atomic mass is 9.96. The van der Waals surface area contributed by atoms with Gasteiger partial charge in [0.15, 0.2) is 5.65 Å². The van der Waals surface area contributed by atoms with Gasteiger partial charge in [0, 0.05) is 17.1 Å². The lowest BCUT2D eigenvalue weighted by Gasteiger charge is -2.18. The quantitative estimate of drug-likeness (QED) is 0.695. The number of pyridine rings is 1. The Hall–Kier alpha value is -2.61. The lowest BCUT2D eigenvalue weighted by molar-refractivity contribution is -0.137. The fourth-order valence-corrected chi connectivity index (χ4v) is 4.38. The van der Waals surface area contributed by atoms with Gasteiger partial charge in [-0.15, -0.1) is 0 Å². The van der Waals surface area contributed by atoms with Gasteiger partial charge >= 0.3 is 6.18 Å². The number of hydrogen-bond donors (Lipinski definition) is 1. The van der Waals surface area contributed by atoms with Gasteiger partial charge in [-0.25, -0.2) is 4.98 Å². The zero-order chi connectivity index (χ0) is 19.6. The number of aryl methyl sites for hydroxylation is 1. The van der Waals surface area contributed by atoms with Crippen molar-refractivity contribution >= 4 is 11.0 Å². The minimum absolute atomic E-state index is 0.181. The van der Waals surface area contributed by atoms with E-state index in [1.807, 2.05) is 16.9 Å². The van der Waals surface area contributed by atoms with Crippen molar-refractivity contribution in [2.24, 2.45) is 0 Å². The van der Waals surface area contributed by atoms with Gasteiger partial charge in [-0.05, 0) is 56.0 Å². The Balaban J connectivity index is 1.54. The largest absolute Gasteiger partial charge is 0.507 e. The first-order chi connectivity index (χ1) is 13.3. The molecule has 0 aliphatic carbocycles. The third kappa shape index (κ3) is 2.74. The van der Waals surface area contributed by atoms with Crippen molar-refractivity contribution < 1.29 is 23.0 Å². The number of nitrogens with zero attached hydrogens (tertiary/aromatic N) is 3. The summed E-state index contributed by atoms with van der Waals surface area (Å²) in [6.07, 6.45) is 0.960. The summed E-state index contributed by atoms with van der Waals surface area (Å²) in [5, 5.41) is 15.7. The van der Waals surface area contributed by atoms with Gasteiger partial charge in [-0.1, -0.05) is 0 Å². The first-order valence-corrected chi connectivity index (χ1v) is 9.22. The summed E-state index contributed by atoms with van der Waals surface area (Å²) in [5.74, 6) is -0.444. The molecule has 146 valence electrons. The van der Waals surface area contributed by atoms with Crippen molar-refractivity contribution in [1.29, 1.82) is 0 Å². The molecule has 0 amide bonds. The fraction of sp³-hybridized carbons (Fsp3) is 0.400. The van der Waals surface area contributed by atoms with Crippen LogP contribution >= 0.6 is 0 Å². The molecule has 3 aromatic rings. The number of rotatable bonds is 2. The lowest BCUT2D eigenvalue weighted by Crippen LogP contribution is -2.21. The zero-order valence-electron chi connectivity index (χ0n) is 15.1. The molecule has 5 rings (SSSR count). The molecule has 5 nitrogen and oxygen atoms in total. The number of hydrogen-bond acceptors (Lipinski definition) is 4. The number of aromatic nitrogens is 3. The minimum Gasteiger partial charge on any atom is -0.507 e. The van der Waals surface area contributed by atoms with Crippen LogP contribution in [0.4, 0.5) is 13.2 Å². The number of phenols is 1. The topological polar surface area (TPSA) is 60.2 Å². The highest BCUT2D eigenvalue weighted by atomic mass is 19.4. The minimum atomic E-state index is -4.51. The average Bonchev–Trinajstić information content (AvgIpc) is 3.34. The van der Waals surface area contributed by atoms with E-state index >= 15 is 0 Å². The molecule has 0 saturated carbocycles. The standard InChI is InChI=1S/C20H18F3N3O2/c1-10-6-12(20(21,22)23)7-16(27)18(10)14-4-2-11-9-26(25-19(11)24-14)15-8-13-3-5-17(15)28-13/h2,4,6-7,9,13,15,17,27H,3,5,8H2,1H3/t13-,15+,17+/m1/s1. The van der Waals surface area contributed by atoms with Crippen LogP contribution in [0.1, 0.15) is 36.4 Å². The predicted molar refractivity (Wildman–Crippen MR) is 95.9 cm³/mol. The third-order valence-electron chi connectivity index (χ3n) is 5.70. The fourth-order valence-electron chi connectivity index (χ4n) is 4.38. The van der Waals surface area contributed by atoms with Crippen molar-refractivity contribution in [3.05, 3.63) is 41.6 Å². The molecule has 2 aliphatic rings. The van der Waals surface area contributed by atoms with Crippen molar-refractivity contribution in [1.82, 2.24) is 14.8 Å². The van der Waals surface area contributed by atoms with Crippen LogP contribution in [0.2, 0.25) is 0 Å². The summed E-state index contributed by atoms with van der Waals surface area (Å²) in [4.78, 5) is 4.50. The maximum absolute atomic E-state index is 13.0. The molecule has 0 spiro atoms. The van der Waals surface area contributed by atoms with Gasteiger partial charge < -0.3 is 9.84 Å². The molecule has 3 atom stereocenters. The number of phenolic OH excluding ortho intramolecular Hbond substituents is 1. The van der Waals surface area contributed by atoms with Crippen molar-refractivity contribution in [3.8, 4) is 17.0 Å². The van der Waals surface area contributed by atoms with E-state index in [4.69, 9.17) is 4.74 Å². The molecule has 2 aromatic heterocycles.